The minimum Gasteiger partial charge on any atom is -0.360 e. The summed E-state index contributed by atoms with van der Waals surface area (Å²) in [7, 11) is 0. The van der Waals surface area contributed by atoms with Crippen molar-refractivity contribution in [2.75, 3.05) is 31.1 Å². The number of hydrogen-bond acceptors (Lipinski definition) is 5. The predicted molar refractivity (Wildman–Crippen MR) is 109 cm³/mol. The third-order valence-electron chi connectivity index (χ3n) is 4.79. The summed E-state index contributed by atoms with van der Waals surface area (Å²) in [5.41, 5.74) is 2.29. The van der Waals surface area contributed by atoms with E-state index in [2.05, 4.69) is 28.9 Å². The first-order valence-electron chi connectivity index (χ1n) is 9.49. The predicted octanol–water partition coefficient (Wildman–Crippen LogP) is 4.12. The fourth-order valence-corrected chi connectivity index (χ4v) is 3.26. The molecule has 0 aromatic heterocycles. The summed E-state index contributed by atoms with van der Waals surface area (Å²) in [5, 5.41) is 10.9. The summed E-state index contributed by atoms with van der Waals surface area (Å²) in [6.45, 7) is 6.54. The summed E-state index contributed by atoms with van der Waals surface area (Å²) < 4.78 is 0. The normalized spacial score (nSPS) is 13.5. The van der Waals surface area contributed by atoms with E-state index >= 15 is 0 Å². The number of nitrogens with zero attached hydrogens (tertiary/aromatic N) is 4. The van der Waals surface area contributed by atoms with Gasteiger partial charge in [0.05, 0.1) is 18.0 Å². The molecule has 2 aromatic rings. The molecule has 2 aromatic carbocycles. The van der Waals surface area contributed by atoms with Crippen LogP contribution < -0.4 is 4.90 Å². The molecule has 142 valence electrons. The van der Waals surface area contributed by atoms with E-state index in [4.69, 9.17) is 4.99 Å². The van der Waals surface area contributed by atoms with Crippen LogP contribution in [0.25, 0.3) is 0 Å². The quantitative estimate of drug-likeness (QED) is 0.495. The van der Waals surface area contributed by atoms with Gasteiger partial charge in [0.25, 0.3) is 5.69 Å². The van der Waals surface area contributed by atoms with Gasteiger partial charge >= 0.3 is 0 Å². The molecule has 0 aliphatic carbocycles. The van der Waals surface area contributed by atoms with Gasteiger partial charge in [-0.1, -0.05) is 43.7 Å². The van der Waals surface area contributed by atoms with Gasteiger partial charge in [-0.3, -0.25) is 15.1 Å². The molecule has 27 heavy (non-hydrogen) atoms. The van der Waals surface area contributed by atoms with Gasteiger partial charge < -0.3 is 9.80 Å². The molecule has 6 heteroatoms. The Morgan fingerprint density at radius 2 is 1.85 bits per heavy atom. The van der Waals surface area contributed by atoms with Gasteiger partial charge in [0, 0.05) is 37.5 Å². The number of hydrogen-bond donors (Lipinski definition) is 0. The highest BCUT2D eigenvalue weighted by molar-refractivity contribution is 5.88. The number of anilines is 1. The number of benzene rings is 2. The zero-order valence-corrected chi connectivity index (χ0v) is 15.8. The molecular formula is C21H26N4O2. The molecule has 6 nitrogen and oxygen atoms in total. The average molecular weight is 366 g/mol. The van der Waals surface area contributed by atoms with E-state index < -0.39 is 0 Å². The second-order valence-electron chi connectivity index (χ2n) is 6.75. The largest absolute Gasteiger partial charge is 0.360 e. The van der Waals surface area contributed by atoms with Crippen LogP contribution in [-0.4, -0.2) is 41.8 Å². The second kappa shape index (κ2) is 9.16. The van der Waals surface area contributed by atoms with Crippen molar-refractivity contribution in [3.8, 4) is 0 Å². The van der Waals surface area contributed by atoms with E-state index in [0.717, 1.165) is 43.3 Å². The van der Waals surface area contributed by atoms with Crippen molar-refractivity contribution in [3.05, 3.63) is 70.3 Å². The van der Waals surface area contributed by atoms with Crippen molar-refractivity contribution in [2.24, 2.45) is 4.99 Å². The number of para-hydroxylation sites is 1. The van der Waals surface area contributed by atoms with E-state index in [9.17, 15) is 10.1 Å². The summed E-state index contributed by atoms with van der Waals surface area (Å²) >= 11 is 0. The number of unbranched alkanes of at least 4 members (excludes halogenated alkanes) is 1. The van der Waals surface area contributed by atoms with Crippen molar-refractivity contribution >= 4 is 17.2 Å². The van der Waals surface area contributed by atoms with Crippen LogP contribution in [-0.2, 0) is 6.54 Å². The number of aliphatic imine (C=N–C) groups is 1. The standard InChI is InChI=1S/C21H26N4O2/c1-2-3-14-23-15-13-22-21(23)17-24(19-7-5-4-6-8-19)16-18-9-11-20(12-10-18)25(26)27/h4-12H,2-3,13-17H2,1H3. The fraction of sp³-hybridized carbons (Fsp3) is 0.381. The molecule has 3 rings (SSSR count). The molecule has 1 aliphatic rings. The van der Waals surface area contributed by atoms with Gasteiger partial charge in [-0.2, -0.15) is 0 Å². The molecule has 0 amide bonds. The van der Waals surface area contributed by atoms with Crippen molar-refractivity contribution < 1.29 is 4.92 Å². The van der Waals surface area contributed by atoms with Crippen LogP contribution in [0.3, 0.4) is 0 Å². The first kappa shape index (κ1) is 18.9. The van der Waals surface area contributed by atoms with Gasteiger partial charge in [-0.05, 0) is 24.1 Å². The second-order valence-corrected chi connectivity index (χ2v) is 6.75. The van der Waals surface area contributed by atoms with Gasteiger partial charge in [0.1, 0.15) is 5.84 Å². The molecule has 1 aliphatic heterocycles. The molecule has 0 bridgehead atoms. The highest BCUT2D eigenvalue weighted by Gasteiger charge is 2.20. The van der Waals surface area contributed by atoms with Gasteiger partial charge in [-0.25, -0.2) is 0 Å². The fourth-order valence-electron chi connectivity index (χ4n) is 3.26. The molecule has 0 fully saturated rings. The number of nitro groups is 1. The minimum atomic E-state index is -0.363. The highest BCUT2D eigenvalue weighted by atomic mass is 16.6. The zero-order chi connectivity index (χ0) is 19.1. The number of non-ortho nitro benzene ring substituents is 1. The minimum absolute atomic E-state index is 0.121. The summed E-state index contributed by atoms with van der Waals surface area (Å²) in [5.74, 6) is 1.13. The summed E-state index contributed by atoms with van der Waals surface area (Å²) in [4.78, 5) is 19.9. The average Bonchev–Trinajstić information content (AvgIpc) is 3.14. The first-order valence-corrected chi connectivity index (χ1v) is 9.49. The summed E-state index contributed by atoms with van der Waals surface area (Å²) in [6, 6.07) is 17.1. The maximum Gasteiger partial charge on any atom is 0.269 e. The molecule has 0 radical (unpaired) electrons. The van der Waals surface area contributed by atoms with E-state index in [-0.39, 0.29) is 10.6 Å². The van der Waals surface area contributed by atoms with E-state index in [1.54, 1.807) is 12.1 Å². The zero-order valence-electron chi connectivity index (χ0n) is 15.8. The Morgan fingerprint density at radius 1 is 1.11 bits per heavy atom. The van der Waals surface area contributed by atoms with Crippen molar-refractivity contribution in [2.45, 2.75) is 26.3 Å². The van der Waals surface area contributed by atoms with Gasteiger partial charge in [0.15, 0.2) is 0 Å². The molecule has 0 saturated carbocycles. The Bertz CT molecular complexity index is 775. The van der Waals surface area contributed by atoms with E-state index in [0.29, 0.717) is 6.54 Å². The van der Waals surface area contributed by atoms with E-state index in [1.807, 2.05) is 30.3 Å². The van der Waals surface area contributed by atoms with Crippen molar-refractivity contribution in [1.82, 2.24) is 4.90 Å². The third kappa shape index (κ3) is 5.06. The van der Waals surface area contributed by atoms with E-state index in [1.165, 1.54) is 12.8 Å². The molecule has 1 heterocycles. The number of nitro benzene ring substituents is 1. The Labute approximate surface area is 160 Å². The Morgan fingerprint density at radius 3 is 2.52 bits per heavy atom. The smallest absolute Gasteiger partial charge is 0.269 e. The number of rotatable bonds is 9. The van der Waals surface area contributed by atoms with Crippen molar-refractivity contribution in [1.29, 1.82) is 0 Å². The van der Waals surface area contributed by atoms with Crippen LogP contribution in [0.4, 0.5) is 11.4 Å². The molecule has 0 spiro atoms. The van der Waals surface area contributed by atoms with Crippen molar-refractivity contribution in [3.63, 3.8) is 0 Å². The lowest BCUT2D eigenvalue weighted by Gasteiger charge is -2.29. The first-order chi connectivity index (χ1) is 13.2. The van der Waals surface area contributed by atoms with Gasteiger partial charge in [0.2, 0.25) is 0 Å². The Hall–Kier alpha value is -2.89. The molecule has 0 unspecified atom stereocenters. The molecule has 0 atom stereocenters. The molecule has 0 saturated heterocycles. The lowest BCUT2D eigenvalue weighted by atomic mass is 10.1. The monoisotopic (exact) mass is 366 g/mol. The third-order valence-corrected chi connectivity index (χ3v) is 4.79. The van der Waals surface area contributed by atoms with Crippen LogP contribution >= 0.6 is 0 Å². The topological polar surface area (TPSA) is 62.0 Å². The SMILES string of the molecule is CCCCN1CCN=C1CN(Cc1ccc([N+](=O)[O-])cc1)c1ccccc1. The number of amidine groups is 1. The molecule has 0 N–H and O–H groups in total. The Kier molecular flexibility index (Phi) is 6.41. The Balaban J connectivity index is 1.76. The molecular weight excluding hydrogens is 340 g/mol. The summed E-state index contributed by atoms with van der Waals surface area (Å²) in [6.07, 6.45) is 2.35. The van der Waals surface area contributed by atoms with Crippen LogP contribution in [0.2, 0.25) is 0 Å². The lowest BCUT2D eigenvalue weighted by molar-refractivity contribution is -0.384. The van der Waals surface area contributed by atoms with Crippen LogP contribution in [0.5, 0.6) is 0 Å². The van der Waals surface area contributed by atoms with Gasteiger partial charge in [-0.15, -0.1) is 0 Å². The highest BCUT2D eigenvalue weighted by Crippen LogP contribution is 2.20. The lowest BCUT2D eigenvalue weighted by Crippen LogP contribution is -2.38. The van der Waals surface area contributed by atoms with Crippen LogP contribution in [0.1, 0.15) is 25.3 Å². The van der Waals surface area contributed by atoms with Crippen LogP contribution in [0.15, 0.2) is 59.6 Å². The maximum atomic E-state index is 10.9. The maximum absolute atomic E-state index is 10.9. The van der Waals surface area contributed by atoms with Crippen LogP contribution in [0, 0.1) is 10.1 Å².